The van der Waals surface area contributed by atoms with Crippen molar-refractivity contribution in [2.75, 3.05) is 0 Å². The van der Waals surface area contributed by atoms with Crippen LogP contribution in [-0.2, 0) is 9.59 Å². The van der Waals surface area contributed by atoms with Crippen LogP contribution in [-0.4, -0.2) is 11.9 Å². The summed E-state index contributed by atoms with van der Waals surface area (Å²) in [5, 5.41) is 0. The zero-order chi connectivity index (χ0) is 29.0. The second-order valence-electron chi connectivity index (χ2n) is 8.29. The topological polar surface area (TPSA) is 52.6 Å². The van der Waals surface area contributed by atoms with Crippen molar-refractivity contribution in [1.82, 2.24) is 0 Å². The Bertz CT molecular complexity index is 1810. The molecule has 0 radical (unpaired) electrons. The first kappa shape index (κ1) is 27.9. The summed E-state index contributed by atoms with van der Waals surface area (Å²) in [6.45, 7) is 6.75. The van der Waals surface area contributed by atoms with Gasteiger partial charge in [0, 0.05) is 34.4 Å². The van der Waals surface area contributed by atoms with Crippen molar-refractivity contribution in [1.29, 1.82) is 0 Å². The number of carbonyl (C=O) groups is 2. The summed E-state index contributed by atoms with van der Waals surface area (Å²) in [7, 11) is 0. The molecule has 0 aliphatic carbocycles. The first-order valence-corrected chi connectivity index (χ1v) is 12.3. The lowest BCUT2D eigenvalue weighted by molar-refractivity contribution is -0.129. The predicted octanol–water partition coefficient (Wildman–Crippen LogP) is 6.21. The van der Waals surface area contributed by atoms with Gasteiger partial charge in [-0.05, 0) is 78.9 Å². The quantitative estimate of drug-likeness (QED) is 0.135. The van der Waals surface area contributed by atoms with Gasteiger partial charge in [-0.3, -0.25) is 0 Å². The molecule has 0 unspecified atom stereocenters. The van der Waals surface area contributed by atoms with Crippen LogP contribution in [0.1, 0.15) is 33.4 Å². The van der Waals surface area contributed by atoms with E-state index in [4.69, 9.17) is 9.47 Å². The number of hydrogen-bond acceptors (Lipinski definition) is 4. The number of benzene rings is 4. The van der Waals surface area contributed by atoms with Crippen LogP contribution < -0.4 is 9.47 Å². The average molecular weight is 537 g/mol. The van der Waals surface area contributed by atoms with Crippen LogP contribution in [0.2, 0.25) is 0 Å². The van der Waals surface area contributed by atoms with Crippen molar-refractivity contribution in [3.05, 3.63) is 156 Å². The van der Waals surface area contributed by atoms with E-state index in [1.54, 1.807) is 60.7 Å². The predicted molar refractivity (Wildman–Crippen MR) is 155 cm³/mol. The maximum absolute atomic E-state index is 14.6. The SMILES string of the molecule is C=CC(=O)Oc1ccc(C#Cc2ccc(C#Cc3ccc(C#Cc4ccccc4OC(=O)C=C)cc3)cc2F)cc1. The van der Waals surface area contributed by atoms with E-state index < -0.39 is 17.8 Å². The van der Waals surface area contributed by atoms with Crippen molar-refractivity contribution in [2.45, 2.75) is 0 Å². The number of carbonyl (C=O) groups excluding carboxylic acids is 2. The highest BCUT2D eigenvalue weighted by Gasteiger charge is 2.04. The standard InChI is InChI=1S/C36H21FO4/c1-3-35(38)40-32-23-18-28(19-24-32)15-20-30-21-17-29(25-33(30)37)14-13-26-9-11-27(12-10-26)16-22-31-7-5-6-8-34(31)41-36(39)4-2/h3-12,17-19,21,23-25H,1-2H2. The Labute approximate surface area is 237 Å². The van der Waals surface area contributed by atoms with Crippen LogP contribution in [0, 0.1) is 41.3 Å². The van der Waals surface area contributed by atoms with E-state index >= 15 is 0 Å². The molecule has 0 N–H and O–H groups in total. The molecule has 4 rings (SSSR count). The smallest absolute Gasteiger partial charge is 0.335 e. The monoisotopic (exact) mass is 536 g/mol. The Morgan fingerprint density at radius 2 is 1.07 bits per heavy atom. The van der Waals surface area contributed by atoms with E-state index in [2.05, 4.69) is 48.7 Å². The van der Waals surface area contributed by atoms with Gasteiger partial charge in [-0.25, -0.2) is 14.0 Å². The fourth-order valence-corrected chi connectivity index (χ4v) is 3.33. The Kier molecular flexibility index (Phi) is 9.29. The molecule has 5 heteroatoms. The molecular weight excluding hydrogens is 515 g/mol. The third kappa shape index (κ3) is 8.20. The van der Waals surface area contributed by atoms with Gasteiger partial charge in [0.1, 0.15) is 17.3 Å². The summed E-state index contributed by atoms with van der Waals surface area (Å²) in [6, 6.07) is 25.4. The number of esters is 2. The van der Waals surface area contributed by atoms with Crippen LogP contribution in [0.15, 0.2) is 116 Å². The highest BCUT2D eigenvalue weighted by atomic mass is 19.1. The number of hydrogen-bond donors (Lipinski definition) is 0. The molecule has 0 bridgehead atoms. The minimum absolute atomic E-state index is 0.237. The summed E-state index contributed by atoms with van der Waals surface area (Å²) >= 11 is 0. The molecule has 0 aromatic heterocycles. The minimum atomic E-state index is -0.554. The molecule has 0 aliphatic rings. The van der Waals surface area contributed by atoms with Crippen LogP contribution in [0.3, 0.4) is 0 Å². The van der Waals surface area contributed by atoms with Gasteiger partial charge in [-0.1, -0.05) is 60.8 Å². The van der Waals surface area contributed by atoms with Crippen molar-refractivity contribution in [3.8, 4) is 47.0 Å². The maximum Gasteiger partial charge on any atom is 0.335 e. The first-order valence-electron chi connectivity index (χ1n) is 12.3. The second kappa shape index (κ2) is 13.6. The van der Waals surface area contributed by atoms with Gasteiger partial charge >= 0.3 is 11.9 Å². The summed E-state index contributed by atoms with van der Waals surface area (Å²) in [5.41, 5.74) is 3.45. The molecule has 0 heterocycles. The molecule has 0 atom stereocenters. The fourth-order valence-electron chi connectivity index (χ4n) is 3.33. The van der Waals surface area contributed by atoms with Crippen molar-refractivity contribution < 1.29 is 23.5 Å². The summed E-state index contributed by atoms with van der Waals surface area (Å²) in [4.78, 5) is 22.8. The summed E-state index contributed by atoms with van der Waals surface area (Å²) in [5.74, 6) is 16.9. The van der Waals surface area contributed by atoms with Crippen LogP contribution >= 0.6 is 0 Å². The molecule has 0 fully saturated rings. The molecule has 196 valence electrons. The lowest BCUT2D eigenvalue weighted by Gasteiger charge is -2.03. The molecule has 0 spiro atoms. The van der Waals surface area contributed by atoms with Crippen molar-refractivity contribution in [3.63, 3.8) is 0 Å². The third-order valence-corrected chi connectivity index (χ3v) is 5.39. The van der Waals surface area contributed by atoms with Gasteiger partial charge in [-0.2, -0.15) is 0 Å². The van der Waals surface area contributed by atoms with Gasteiger partial charge < -0.3 is 9.47 Å². The van der Waals surface area contributed by atoms with E-state index in [0.717, 1.165) is 23.3 Å². The third-order valence-electron chi connectivity index (χ3n) is 5.39. The van der Waals surface area contributed by atoms with Gasteiger partial charge in [-0.15, -0.1) is 0 Å². The lowest BCUT2D eigenvalue weighted by Crippen LogP contribution is -2.04. The largest absolute Gasteiger partial charge is 0.423 e. The molecule has 0 saturated carbocycles. The fraction of sp³-hybridized carbons (Fsp3) is 0. The highest BCUT2D eigenvalue weighted by Crippen LogP contribution is 2.17. The number of para-hydroxylation sites is 1. The average Bonchev–Trinajstić information content (AvgIpc) is 3.00. The molecule has 4 aromatic carbocycles. The van der Waals surface area contributed by atoms with E-state index in [9.17, 15) is 14.0 Å². The molecule has 0 amide bonds. The van der Waals surface area contributed by atoms with E-state index in [1.807, 2.05) is 24.3 Å². The van der Waals surface area contributed by atoms with Gasteiger partial charge in [0.15, 0.2) is 0 Å². The van der Waals surface area contributed by atoms with E-state index in [0.29, 0.717) is 28.2 Å². The second-order valence-corrected chi connectivity index (χ2v) is 8.29. The van der Waals surface area contributed by atoms with E-state index in [1.165, 1.54) is 6.07 Å². The molecule has 41 heavy (non-hydrogen) atoms. The Morgan fingerprint density at radius 3 is 1.68 bits per heavy atom. The molecule has 4 nitrogen and oxygen atoms in total. The highest BCUT2D eigenvalue weighted by molar-refractivity contribution is 5.84. The molecule has 0 saturated heterocycles. The maximum atomic E-state index is 14.6. The van der Waals surface area contributed by atoms with Crippen molar-refractivity contribution >= 4 is 11.9 Å². The normalized spacial score (nSPS) is 9.39. The summed E-state index contributed by atoms with van der Waals surface area (Å²) in [6.07, 6.45) is 2.17. The van der Waals surface area contributed by atoms with Crippen LogP contribution in [0.4, 0.5) is 4.39 Å². The van der Waals surface area contributed by atoms with Gasteiger partial charge in [0.05, 0.1) is 11.1 Å². The summed E-state index contributed by atoms with van der Waals surface area (Å²) < 4.78 is 24.9. The lowest BCUT2D eigenvalue weighted by atomic mass is 10.1. The van der Waals surface area contributed by atoms with E-state index in [-0.39, 0.29) is 5.56 Å². The molecule has 4 aromatic rings. The Balaban J connectivity index is 1.41. The van der Waals surface area contributed by atoms with Gasteiger partial charge in [0.25, 0.3) is 0 Å². The zero-order valence-electron chi connectivity index (χ0n) is 21.7. The molecular formula is C36H21FO4. The van der Waals surface area contributed by atoms with Gasteiger partial charge in [0.2, 0.25) is 0 Å². The first-order chi connectivity index (χ1) is 19.9. The van der Waals surface area contributed by atoms with Crippen LogP contribution in [0.5, 0.6) is 11.5 Å². The zero-order valence-corrected chi connectivity index (χ0v) is 21.7. The minimum Gasteiger partial charge on any atom is -0.423 e. The Hall–Kier alpha value is -6.09. The number of rotatable bonds is 4. The number of ether oxygens (including phenoxy) is 2. The van der Waals surface area contributed by atoms with Crippen molar-refractivity contribution in [2.24, 2.45) is 0 Å². The van der Waals surface area contributed by atoms with Crippen LogP contribution in [0.25, 0.3) is 0 Å². The molecule has 0 aliphatic heterocycles. The Morgan fingerprint density at radius 1 is 0.585 bits per heavy atom. The number of halogens is 1.